The van der Waals surface area contributed by atoms with Gasteiger partial charge in [-0.15, -0.1) is 0 Å². The lowest BCUT2D eigenvalue weighted by molar-refractivity contribution is -0.145. The van der Waals surface area contributed by atoms with E-state index in [4.69, 9.17) is 9.15 Å². The van der Waals surface area contributed by atoms with Crippen molar-refractivity contribution < 1.29 is 19.1 Å². The second-order valence-corrected chi connectivity index (χ2v) is 6.63. The number of allylic oxidation sites excluding steroid dienone is 2. The first kappa shape index (κ1) is 15.8. The molecule has 5 nitrogen and oxygen atoms in total. The minimum absolute atomic E-state index is 0.379. The van der Waals surface area contributed by atoms with E-state index in [1.54, 1.807) is 18.2 Å². The van der Waals surface area contributed by atoms with Crippen LogP contribution in [-0.4, -0.2) is 17.2 Å². The first-order valence-corrected chi connectivity index (χ1v) is 8.54. The van der Waals surface area contributed by atoms with Crippen molar-refractivity contribution in [3.8, 4) is 5.75 Å². The molecule has 0 saturated carbocycles. The molecule has 0 fully saturated rings. The molecule has 1 aliphatic carbocycles. The Morgan fingerprint density at radius 1 is 1.39 bits per heavy atom. The van der Waals surface area contributed by atoms with Gasteiger partial charge in [-0.25, -0.2) is 9.59 Å². The Kier molecular flexibility index (Phi) is 4.81. The van der Waals surface area contributed by atoms with Crippen molar-refractivity contribution in [3.05, 3.63) is 39.6 Å². The molecule has 1 unspecified atom stereocenters. The van der Waals surface area contributed by atoms with Crippen LogP contribution in [0.25, 0.3) is 10.3 Å². The van der Waals surface area contributed by atoms with Gasteiger partial charge in [-0.3, -0.25) is 0 Å². The van der Waals surface area contributed by atoms with E-state index in [2.05, 4.69) is 6.08 Å². The van der Waals surface area contributed by atoms with Gasteiger partial charge < -0.3 is 14.3 Å². The molecule has 0 bridgehead atoms. The van der Waals surface area contributed by atoms with E-state index in [9.17, 15) is 14.7 Å². The molecule has 0 radical (unpaired) electrons. The molecular formula is C17H18O5S. The summed E-state index contributed by atoms with van der Waals surface area (Å²) in [5.74, 6) is -0.572. The van der Waals surface area contributed by atoms with E-state index in [1.165, 1.54) is 18.4 Å². The third kappa shape index (κ3) is 4.01. The van der Waals surface area contributed by atoms with Gasteiger partial charge in [0.1, 0.15) is 5.75 Å². The van der Waals surface area contributed by atoms with Crippen molar-refractivity contribution >= 4 is 27.6 Å². The molecule has 2 aromatic rings. The fourth-order valence-corrected chi connectivity index (χ4v) is 3.42. The average Bonchev–Trinajstić information content (AvgIpc) is 2.91. The van der Waals surface area contributed by atoms with Gasteiger partial charge in [0.2, 0.25) is 0 Å². The average molecular weight is 334 g/mol. The van der Waals surface area contributed by atoms with Crippen LogP contribution in [0.1, 0.15) is 38.5 Å². The van der Waals surface area contributed by atoms with Crippen LogP contribution in [0.5, 0.6) is 5.75 Å². The number of hydrogen-bond acceptors (Lipinski definition) is 5. The maximum Gasteiger partial charge on any atom is 0.396 e. The van der Waals surface area contributed by atoms with Crippen LogP contribution in [0, 0.1) is 0 Å². The van der Waals surface area contributed by atoms with Crippen molar-refractivity contribution in [2.24, 2.45) is 0 Å². The number of carboxylic acids is 1. The summed E-state index contributed by atoms with van der Waals surface area (Å²) in [6.45, 7) is 0. The van der Waals surface area contributed by atoms with Crippen LogP contribution >= 0.6 is 11.3 Å². The molecule has 0 aliphatic heterocycles. The lowest BCUT2D eigenvalue weighted by Crippen LogP contribution is -2.27. The SMILES string of the molecule is O=C(O)C(CCC1=CCCCC1)Oc1ccc2sc(=O)oc2c1. The van der Waals surface area contributed by atoms with E-state index >= 15 is 0 Å². The topological polar surface area (TPSA) is 76.7 Å². The van der Waals surface area contributed by atoms with Crippen molar-refractivity contribution in [1.82, 2.24) is 0 Å². The van der Waals surface area contributed by atoms with Gasteiger partial charge in [-0.2, -0.15) is 0 Å². The largest absolute Gasteiger partial charge is 0.479 e. The number of rotatable bonds is 6. The second kappa shape index (κ2) is 7.00. The Morgan fingerprint density at radius 3 is 3.00 bits per heavy atom. The van der Waals surface area contributed by atoms with Crippen molar-refractivity contribution in [3.63, 3.8) is 0 Å². The molecule has 1 atom stereocenters. The molecule has 1 aromatic heterocycles. The molecule has 1 aromatic carbocycles. The van der Waals surface area contributed by atoms with Gasteiger partial charge in [-0.1, -0.05) is 23.0 Å². The molecule has 6 heteroatoms. The Hall–Kier alpha value is -2.08. The Labute approximate surface area is 137 Å². The number of carbonyl (C=O) groups is 1. The number of hydrogen-bond donors (Lipinski definition) is 1. The Balaban J connectivity index is 1.68. The predicted molar refractivity (Wildman–Crippen MR) is 88.2 cm³/mol. The molecule has 23 heavy (non-hydrogen) atoms. The normalized spacial score (nSPS) is 16.1. The number of carboxylic acid groups (broad SMARTS) is 1. The van der Waals surface area contributed by atoms with Crippen molar-refractivity contribution in [2.75, 3.05) is 0 Å². The van der Waals surface area contributed by atoms with Crippen molar-refractivity contribution in [2.45, 2.75) is 44.6 Å². The van der Waals surface area contributed by atoms with Gasteiger partial charge >= 0.3 is 10.9 Å². The molecule has 0 saturated heterocycles. The quantitative estimate of drug-likeness (QED) is 0.809. The van der Waals surface area contributed by atoms with E-state index in [-0.39, 0.29) is 4.94 Å². The highest BCUT2D eigenvalue weighted by atomic mass is 32.1. The van der Waals surface area contributed by atoms with Gasteiger partial charge in [0.05, 0.1) is 4.70 Å². The summed E-state index contributed by atoms with van der Waals surface area (Å²) in [6, 6.07) is 4.95. The van der Waals surface area contributed by atoms with Crippen LogP contribution < -0.4 is 9.68 Å². The van der Waals surface area contributed by atoms with Crippen LogP contribution in [0.2, 0.25) is 0 Å². The zero-order valence-electron chi connectivity index (χ0n) is 12.6. The zero-order valence-corrected chi connectivity index (χ0v) is 13.4. The molecule has 122 valence electrons. The third-order valence-electron chi connectivity index (χ3n) is 3.97. The van der Waals surface area contributed by atoms with Crippen molar-refractivity contribution in [1.29, 1.82) is 0 Å². The molecule has 3 rings (SSSR count). The number of fused-ring (bicyclic) bond motifs is 1. The number of ether oxygens (including phenoxy) is 1. The van der Waals surface area contributed by atoms with Gasteiger partial charge in [-0.05, 0) is 50.7 Å². The fraction of sp³-hybridized carbons (Fsp3) is 0.412. The first-order valence-electron chi connectivity index (χ1n) is 7.73. The maximum atomic E-state index is 11.4. The predicted octanol–water partition coefficient (Wildman–Crippen LogP) is 3.97. The summed E-state index contributed by atoms with van der Waals surface area (Å²) in [5, 5.41) is 9.37. The first-order chi connectivity index (χ1) is 11.1. The van der Waals surface area contributed by atoms with E-state index in [0.717, 1.165) is 35.3 Å². The zero-order chi connectivity index (χ0) is 16.2. The smallest absolute Gasteiger partial charge is 0.396 e. The summed E-state index contributed by atoms with van der Waals surface area (Å²) in [4.78, 5) is 22.3. The fourth-order valence-electron chi connectivity index (χ4n) is 2.77. The standard InChI is InChI=1S/C17H18O5S/c18-16(19)13(8-6-11-4-2-1-3-5-11)21-12-7-9-15-14(10-12)22-17(20)23-15/h4,7,9-10,13H,1-3,5-6,8H2,(H,18,19). The molecule has 1 aliphatic rings. The highest BCUT2D eigenvalue weighted by Crippen LogP contribution is 2.26. The van der Waals surface area contributed by atoms with Gasteiger partial charge in [0, 0.05) is 6.07 Å². The van der Waals surface area contributed by atoms with Gasteiger partial charge in [0.15, 0.2) is 11.7 Å². The monoisotopic (exact) mass is 334 g/mol. The third-order valence-corrected chi connectivity index (χ3v) is 4.78. The van der Waals surface area contributed by atoms with E-state index in [0.29, 0.717) is 17.8 Å². The summed E-state index contributed by atoms with van der Waals surface area (Å²) >= 11 is 1.01. The summed E-state index contributed by atoms with van der Waals surface area (Å²) in [7, 11) is 0. The lowest BCUT2D eigenvalue weighted by atomic mass is 9.95. The van der Waals surface area contributed by atoms with Crippen LogP contribution in [0.15, 0.2) is 39.1 Å². The molecular weight excluding hydrogens is 316 g/mol. The second-order valence-electron chi connectivity index (χ2n) is 5.65. The van der Waals surface area contributed by atoms with Gasteiger partial charge in [0.25, 0.3) is 0 Å². The summed E-state index contributed by atoms with van der Waals surface area (Å²) < 4.78 is 11.4. The number of aliphatic carboxylic acids is 1. The highest BCUT2D eigenvalue weighted by molar-refractivity contribution is 7.16. The van der Waals surface area contributed by atoms with E-state index in [1.807, 2.05) is 0 Å². The Bertz CT molecular complexity index is 786. The molecule has 0 spiro atoms. The Morgan fingerprint density at radius 2 is 2.26 bits per heavy atom. The lowest BCUT2D eigenvalue weighted by Gasteiger charge is -2.17. The molecule has 0 amide bonds. The van der Waals surface area contributed by atoms with E-state index < -0.39 is 12.1 Å². The maximum absolute atomic E-state index is 11.4. The minimum Gasteiger partial charge on any atom is -0.479 e. The highest BCUT2D eigenvalue weighted by Gasteiger charge is 2.20. The summed E-state index contributed by atoms with van der Waals surface area (Å²) in [6.07, 6.45) is 7.03. The summed E-state index contributed by atoms with van der Waals surface area (Å²) in [5.41, 5.74) is 1.75. The molecule has 1 heterocycles. The van der Waals surface area contributed by atoms with Crippen LogP contribution in [0.4, 0.5) is 0 Å². The molecule has 1 N–H and O–H groups in total. The minimum atomic E-state index is -0.978. The number of benzene rings is 1. The van der Waals surface area contributed by atoms with Crippen LogP contribution in [0.3, 0.4) is 0 Å². The van der Waals surface area contributed by atoms with Crippen LogP contribution in [-0.2, 0) is 4.79 Å².